The molecule has 0 heterocycles. The predicted octanol–water partition coefficient (Wildman–Crippen LogP) is -0.244. The maximum Gasteiger partial charge on any atom is 0.328 e. The number of benzene rings is 2. The first-order chi connectivity index (χ1) is 39.7. The van der Waals surface area contributed by atoms with Gasteiger partial charge in [0.15, 0.2) is 11.9 Å². The number of nitrogens with two attached hydrogens (primary N) is 5. The largest absolute Gasteiger partial charge is 0.481 e. The molecule has 6 atom stereocenters. The molecule has 0 bridgehead atoms. The number of hydrogen-bond acceptors (Lipinski definition) is 14. The number of rotatable bonds is 44. The predicted molar refractivity (Wildman–Crippen MR) is 310 cm³/mol. The minimum Gasteiger partial charge on any atom is -0.481 e. The fourth-order valence-electron chi connectivity index (χ4n) is 8.41. The molecular formula is C56H88N14O13. The lowest BCUT2D eigenvalue weighted by molar-refractivity contribution is -0.148. The summed E-state index contributed by atoms with van der Waals surface area (Å²) in [5.41, 5.74) is 28.6. The Labute approximate surface area is 484 Å². The molecule has 7 amide bonds. The van der Waals surface area contributed by atoms with Gasteiger partial charge in [-0.1, -0.05) is 138 Å². The average Bonchev–Trinajstić information content (AvgIpc) is 3.47. The minimum absolute atomic E-state index is 0.0120. The van der Waals surface area contributed by atoms with Crippen LogP contribution in [0.25, 0.3) is 0 Å². The second-order valence-electron chi connectivity index (χ2n) is 20.0. The summed E-state index contributed by atoms with van der Waals surface area (Å²) >= 11 is 0. The number of unbranched alkanes of at least 4 members (excludes halogenated alkanes) is 11. The van der Waals surface area contributed by atoms with E-state index in [9.17, 15) is 58.2 Å². The van der Waals surface area contributed by atoms with Gasteiger partial charge in [-0.3, -0.25) is 53.1 Å². The zero-order chi connectivity index (χ0) is 61.4. The number of ether oxygens (including phenoxy) is 1. The molecule has 0 aliphatic carbocycles. The Morgan fingerprint density at radius 2 is 0.867 bits per heavy atom. The van der Waals surface area contributed by atoms with E-state index in [-0.39, 0.29) is 63.7 Å². The molecule has 0 aliphatic heterocycles. The smallest absolute Gasteiger partial charge is 0.328 e. The second-order valence-corrected chi connectivity index (χ2v) is 20.0. The van der Waals surface area contributed by atoms with Crippen LogP contribution in [-0.4, -0.2) is 150 Å². The Morgan fingerprint density at radius 1 is 0.470 bits per heavy atom. The fraction of sp³-hybridized carbons (Fsp3) is 0.571. The van der Waals surface area contributed by atoms with E-state index < -0.39 is 121 Å². The van der Waals surface area contributed by atoms with Crippen LogP contribution >= 0.6 is 0 Å². The number of carbonyl (C=O) groups is 10. The maximum atomic E-state index is 14.2. The lowest BCUT2D eigenvalue weighted by Crippen LogP contribution is -2.58. The van der Waals surface area contributed by atoms with Crippen molar-refractivity contribution < 1.29 is 62.9 Å². The summed E-state index contributed by atoms with van der Waals surface area (Å²) in [6.45, 7) is 0.939. The number of nitrogens with one attached hydrogen (secondary N) is 7. The molecule has 0 fully saturated rings. The number of aliphatic imine (C=N–C) groups is 2. The van der Waals surface area contributed by atoms with Crippen molar-refractivity contribution in [3.05, 3.63) is 71.8 Å². The Hall–Kier alpha value is -8.36. The Balaban J connectivity index is 2.20. The monoisotopic (exact) mass is 1160 g/mol. The molecule has 0 saturated carbocycles. The molecule has 0 aromatic heterocycles. The lowest BCUT2D eigenvalue weighted by atomic mass is 10.0. The number of carboxylic acids is 2. The summed E-state index contributed by atoms with van der Waals surface area (Å²) < 4.78 is 5.58. The first-order valence-corrected chi connectivity index (χ1v) is 28.3. The van der Waals surface area contributed by atoms with Crippen LogP contribution in [0.15, 0.2) is 70.6 Å². The van der Waals surface area contributed by atoms with Crippen molar-refractivity contribution in [3.63, 3.8) is 0 Å². The molecule has 460 valence electrons. The van der Waals surface area contributed by atoms with Gasteiger partial charge in [-0.25, -0.2) is 4.79 Å². The summed E-state index contributed by atoms with van der Waals surface area (Å²) in [7, 11) is 0. The average molecular weight is 1170 g/mol. The summed E-state index contributed by atoms with van der Waals surface area (Å²) in [4.78, 5) is 140. The Morgan fingerprint density at radius 3 is 1.33 bits per heavy atom. The normalized spacial score (nSPS) is 12.9. The number of amides is 7. The van der Waals surface area contributed by atoms with Crippen LogP contribution in [0.2, 0.25) is 0 Å². The molecule has 27 nitrogen and oxygen atoms in total. The molecule has 0 radical (unpaired) electrons. The van der Waals surface area contributed by atoms with Gasteiger partial charge >= 0.3 is 17.9 Å². The van der Waals surface area contributed by atoms with E-state index in [2.05, 4.69) is 54.1 Å². The number of guanidine groups is 2. The van der Waals surface area contributed by atoms with E-state index in [1.165, 1.54) is 44.9 Å². The zero-order valence-corrected chi connectivity index (χ0v) is 47.6. The van der Waals surface area contributed by atoms with Gasteiger partial charge in [-0.2, -0.15) is 0 Å². The van der Waals surface area contributed by atoms with E-state index in [1.54, 1.807) is 60.7 Å². The van der Waals surface area contributed by atoms with Crippen molar-refractivity contribution >= 4 is 71.2 Å². The van der Waals surface area contributed by atoms with E-state index in [0.717, 1.165) is 25.7 Å². The van der Waals surface area contributed by atoms with E-state index >= 15 is 0 Å². The Bertz CT molecular complexity index is 2410. The third-order valence-corrected chi connectivity index (χ3v) is 12.8. The summed E-state index contributed by atoms with van der Waals surface area (Å²) in [5, 5.41) is 36.2. The van der Waals surface area contributed by atoms with Gasteiger partial charge in [0.2, 0.25) is 41.4 Å². The quantitative estimate of drug-likeness (QED) is 0.0176. The van der Waals surface area contributed by atoms with Crippen LogP contribution in [0, 0.1) is 0 Å². The second kappa shape index (κ2) is 41.6. The summed E-state index contributed by atoms with van der Waals surface area (Å²) in [6.07, 6.45) is 11.7. The van der Waals surface area contributed by atoms with Gasteiger partial charge < -0.3 is 80.8 Å². The van der Waals surface area contributed by atoms with Crippen molar-refractivity contribution in [2.45, 2.75) is 172 Å². The number of aliphatic carboxylic acids is 2. The summed E-state index contributed by atoms with van der Waals surface area (Å²) in [5.74, 6) is -10.9. The van der Waals surface area contributed by atoms with Crippen LogP contribution in [0.1, 0.15) is 134 Å². The first kappa shape index (κ1) is 70.7. The molecule has 0 unspecified atom stereocenters. The van der Waals surface area contributed by atoms with Gasteiger partial charge in [0.1, 0.15) is 30.2 Å². The van der Waals surface area contributed by atoms with Crippen LogP contribution < -0.4 is 65.9 Å². The number of carbonyl (C=O) groups excluding carboxylic acids is 8. The molecule has 19 N–H and O–H groups in total. The number of nitrogens with zero attached hydrogens (tertiary/aromatic N) is 2. The third kappa shape index (κ3) is 33.2. The molecule has 2 aromatic carbocycles. The highest BCUT2D eigenvalue weighted by molar-refractivity contribution is 5.98. The minimum atomic E-state index is -1.78. The van der Waals surface area contributed by atoms with Gasteiger partial charge in [0.25, 0.3) is 0 Å². The molecule has 0 saturated heterocycles. The topological polar surface area (TPSA) is 459 Å². The van der Waals surface area contributed by atoms with Crippen molar-refractivity contribution in [1.82, 2.24) is 37.2 Å². The lowest BCUT2D eigenvalue weighted by Gasteiger charge is -2.25. The maximum absolute atomic E-state index is 14.2. The Kier molecular flexibility index (Phi) is 35.5. The zero-order valence-electron chi connectivity index (χ0n) is 47.6. The SMILES string of the molecule is CCCCCCCCCCCCCCOC(=O)[C@H](Cc1ccccc1)NC(=O)[C@H](CC(=O)O)NC(=O)CNC(=O)[C@H](CCCN=C(N)N)NC(=O)[C@H](Cc1ccccc1)NC(=O)[C@H](CC(=O)O)NC(=O)CNC(=O)[C@@H](N)CCCN=C(N)N. The standard InChI is InChI=1S/C56H88N14O13/c1-2-3-4-5-6-7-8-9-10-11-12-19-30-83-54(82)44(32-38-24-17-14-18-25-38)70-53(81)43(34-48(75)76)67-46(72)36-65-50(78)40(27-21-29-63-56(60)61)68-51(79)41(31-37-22-15-13-16-23-37)69-52(80)42(33-47(73)74)66-45(71)35-64-49(77)39(57)26-20-28-62-55(58)59/h13-18,22-25,39-44H,2-12,19-21,26-36,57H2,1H3,(H,64,77)(H,65,78)(H,66,71)(H,67,72)(H,68,79)(H,69,80)(H,70,81)(H,73,74)(H,75,76)(H4,58,59,62)(H4,60,61,63)/t39-,40-,41-,42-,43-,44-/m0/s1. The van der Waals surface area contributed by atoms with Gasteiger partial charge in [-0.15, -0.1) is 0 Å². The highest BCUT2D eigenvalue weighted by Gasteiger charge is 2.33. The molecule has 2 rings (SSSR count). The number of carboxylic acid groups (broad SMARTS) is 2. The third-order valence-electron chi connectivity index (χ3n) is 12.8. The molecule has 0 aliphatic rings. The van der Waals surface area contributed by atoms with Crippen LogP contribution in [0.3, 0.4) is 0 Å². The van der Waals surface area contributed by atoms with E-state index in [4.69, 9.17) is 33.4 Å². The van der Waals surface area contributed by atoms with E-state index in [1.807, 2.05) is 0 Å². The van der Waals surface area contributed by atoms with Crippen LogP contribution in [0.4, 0.5) is 0 Å². The molecule has 0 spiro atoms. The highest BCUT2D eigenvalue weighted by Crippen LogP contribution is 2.13. The van der Waals surface area contributed by atoms with Gasteiger partial charge in [0, 0.05) is 25.9 Å². The number of esters is 1. The first-order valence-electron chi connectivity index (χ1n) is 28.3. The van der Waals surface area contributed by atoms with Crippen molar-refractivity contribution in [3.8, 4) is 0 Å². The van der Waals surface area contributed by atoms with Crippen molar-refractivity contribution in [2.75, 3.05) is 32.8 Å². The molecule has 83 heavy (non-hydrogen) atoms. The van der Waals surface area contributed by atoms with Crippen LogP contribution in [0.5, 0.6) is 0 Å². The van der Waals surface area contributed by atoms with Gasteiger partial charge in [0.05, 0.1) is 38.6 Å². The van der Waals surface area contributed by atoms with E-state index in [0.29, 0.717) is 24.0 Å². The highest BCUT2D eigenvalue weighted by atomic mass is 16.5. The van der Waals surface area contributed by atoms with Crippen molar-refractivity contribution in [2.24, 2.45) is 38.7 Å². The molecule has 27 heteroatoms. The molecule has 2 aromatic rings. The van der Waals surface area contributed by atoms with Crippen LogP contribution in [-0.2, 0) is 65.5 Å². The summed E-state index contributed by atoms with van der Waals surface area (Å²) in [6, 6.07) is 8.15. The fourth-order valence-corrected chi connectivity index (χ4v) is 8.41. The number of hydrogen-bond donors (Lipinski definition) is 14. The molecular weight excluding hydrogens is 1080 g/mol. The van der Waals surface area contributed by atoms with Gasteiger partial charge in [-0.05, 0) is 43.2 Å². The van der Waals surface area contributed by atoms with Crippen molar-refractivity contribution in [1.29, 1.82) is 0 Å².